The van der Waals surface area contributed by atoms with E-state index in [4.69, 9.17) is 0 Å². The number of hydrogen-bond donors (Lipinski definition) is 1. The summed E-state index contributed by atoms with van der Waals surface area (Å²) in [5.41, 5.74) is 0.0358. The highest BCUT2D eigenvalue weighted by molar-refractivity contribution is 5.86. The van der Waals surface area contributed by atoms with Crippen LogP contribution in [0.2, 0.25) is 0 Å². The van der Waals surface area contributed by atoms with Crippen LogP contribution in [0.15, 0.2) is 18.2 Å². The van der Waals surface area contributed by atoms with Gasteiger partial charge in [-0.25, -0.2) is 8.78 Å². The van der Waals surface area contributed by atoms with Crippen LogP contribution in [0, 0.1) is 11.6 Å². The first-order chi connectivity index (χ1) is 7.58. The van der Waals surface area contributed by atoms with Gasteiger partial charge < -0.3 is 10.2 Å². The highest BCUT2D eigenvalue weighted by atomic mass is 19.1. The van der Waals surface area contributed by atoms with Gasteiger partial charge in [0.2, 0.25) is 5.91 Å². The predicted molar refractivity (Wildman–Crippen MR) is 56.0 cm³/mol. The van der Waals surface area contributed by atoms with E-state index in [1.165, 1.54) is 0 Å². The molecule has 1 aliphatic rings. The zero-order valence-electron chi connectivity index (χ0n) is 8.84. The summed E-state index contributed by atoms with van der Waals surface area (Å²) in [6, 6.07) is 2.69. The molecule has 3 nitrogen and oxygen atoms in total. The van der Waals surface area contributed by atoms with E-state index in [9.17, 15) is 13.6 Å². The molecule has 1 heterocycles. The smallest absolute Gasteiger partial charge is 0.244 e. The molecule has 2 rings (SSSR count). The van der Waals surface area contributed by atoms with Crippen molar-refractivity contribution in [3.8, 4) is 0 Å². The molecule has 0 bridgehead atoms. The van der Waals surface area contributed by atoms with Crippen LogP contribution in [-0.2, 0) is 4.79 Å². The summed E-state index contributed by atoms with van der Waals surface area (Å²) in [7, 11) is 1.69. The van der Waals surface area contributed by atoms with E-state index in [1.54, 1.807) is 11.9 Å². The number of rotatable bonds is 2. The van der Waals surface area contributed by atoms with Gasteiger partial charge in [-0.2, -0.15) is 0 Å². The minimum absolute atomic E-state index is 0.0358. The Bertz CT molecular complexity index is 422. The molecule has 0 radical (unpaired) electrons. The molecule has 5 heteroatoms. The van der Waals surface area contributed by atoms with Gasteiger partial charge in [0.25, 0.3) is 0 Å². The molecule has 1 unspecified atom stereocenters. The van der Waals surface area contributed by atoms with Crippen LogP contribution >= 0.6 is 0 Å². The molecule has 86 valence electrons. The Morgan fingerprint density at radius 3 is 2.81 bits per heavy atom. The highest BCUT2D eigenvalue weighted by Crippen LogP contribution is 2.20. The number of hydrogen-bond acceptors (Lipinski definition) is 2. The molecule has 0 aromatic heterocycles. The number of amides is 1. The summed E-state index contributed by atoms with van der Waals surface area (Å²) in [4.78, 5) is 13.1. The summed E-state index contributed by atoms with van der Waals surface area (Å²) in [6.45, 7) is 0.632. The lowest BCUT2D eigenvalue weighted by Gasteiger charge is -2.13. The highest BCUT2D eigenvalue weighted by Gasteiger charge is 2.29. The number of carbonyl (C=O) groups excluding carboxylic acids is 1. The summed E-state index contributed by atoms with van der Waals surface area (Å²) in [6.07, 6.45) is 0.602. The third-order valence-corrected chi connectivity index (χ3v) is 2.69. The number of nitrogens with zero attached hydrogens (tertiary/aromatic N) is 1. The largest absolute Gasteiger partial charge is 0.371 e. The van der Waals surface area contributed by atoms with Gasteiger partial charge in [-0.1, -0.05) is 0 Å². The molecule has 1 atom stereocenters. The fraction of sp³-hybridized carbons (Fsp3) is 0.364. The number of halogens is 2. The Hall–Kier alpha value is -1.65. The zero-order valence-corrected chi connectivity index (χ0v) is 8.84. The number of benzene rings is 1. The Morgan fingerprint density at radius 1 is 1.44 bits per heavy atom. The van der Waals surface area contributed by atoms with Crippen LogP contribution in [0.5, 0.6) is 0 Å². The number of nitrogens with one attached hydrogen (secondary N) is 1. The van der Waals surface area contributed by atoms with E-state index in [2.05, 4.69) is 5.32 Å². The third kappa shape index (κ3) is 1.98. The number of carbonyl (C=O) groups is 1. The molecule has 16 heavy (non-hydrogen) atoms. The van der Waals surface area contributed by atoms with Crippen molar-refractivity contribution in [1.29, 1.82) is 0 Å². The Kier molecular flexibility index (Phi) is 2.77. The van der Waals surface area contributed by atoms with Crippen molar-refractivity contribution in [2.24, 2.45) is 0 Å². The van der Waals surface area contributed by atoms with Crippen molar-refractivity contribution in [3.63, 3.8) is 0 Å². The summed E-state index contributed by atoms with van der Waals surface area (Å²) in [5, 5.41) is 2.72. The zero-order chi connectivity index (χ0) is 11.7. The molecule has 1 N–H and O–H groups in total. The fourth-order valence-electron chi connectivity index (χ4n) is 1.75. The molecule has 0 aliphatic carbocycles. The first kappa shape index (κ1) is 10.9. The predicted octanol–water partition coefficient (Wildman–Crippen LogP) is 1.61. The second-order valence-electron chi connectivity index (χ2n) is 3.87. The van der Waals surface area contributed by atoms with Crippen LogP contribution in [0.4, 0.5) is 14.5 Å². The summed E-state index contributed by atoms with van der Waals surface area (Å²) < 4.78 is 26.2. The van der Waals surface area contributed by atoms with Crippen LogP contribution in [-0.4, -0.2) is 30.4 Å². The molecule has 1 aromatic carbocycles. The molecule has 1 aliphatic heterocycles. The Morgan fingerprint density at radius 2 is 2.19 bits per heavy atom. The van der Waals surface area contributed by atoms with Gasteiger partial charge in [-0.3, -0.25) is 4.79 Å². The maximum Gasteiger partial charge on any atom is 0.244 e. The molecule has 1 amide bonds. The van der Waals surface area contributed by atoms with Crippen molar-refractivity contribution < 1.29 is 13.6 Å². The first-order valence-electron chi connectivity index (χ1n) is 5.04. The molecule has 1 saturated heterocycles. The maximum atomic E-state index is 13.3. The van der Waals surface area contributed by atoms with Crippen molar-refractivity contribution >= 4 is 11.6 Å². The molecule has 1 fully saturated rings. The van der Waals surface area contributed by atoms with Gasteiger partial charge in [0.1, 0.15) is 17.7 Å². The Labute approximate surface area is 92.1 Å². The lowest BCUT2D eigenvalue weighted by atomic mass is 10.2. The molecular formula is C11H12F2N2O. The number of anilines is 1. The van der Waals surface area contributed by atoms with E-state index < -0.39 is 17.7 Å². The van der Waals surface area contributed by atoms with Crippen molar-refractivity contribution in [1.82, 2.24) is 4.90 Å². The van der Waals surface area contributed by atoms with Crippen molar-refractivity contribution in [2.75, 3.05) is 18.9 Å². The second-order valence-corrected chi connectivity index (χ2v) is 3.87. The number of likely N-dealkylation sites (N-methyl/N-ethyl adjacent to an activating group) is 1. The fourth-order valence-corrected chi connectivity index (χ4v) is 1.75. The van der Waals surface area contributed by atoms with Gasteiger partial charge in [0.05, 0.1) is 5.69 Å². The van der Waals surface area contributed by atoms with Crippen LogP contribution < -0.4 is 5.32 Å². The molecule has 1 aromatic rings. The van der Waals surface area contributed by atoms with Gasteiger partial charge >= 0.3 is 0 Å². The average molecular weight is 226 g/mol. The SMILES string of the molecule is CN1CCC(Nc2cc(F)ccc2F)C1=O. The van der Waals surface area contributed by atoms with Crippen LogP contribution in [0.25, 0.3) is 0 Å². The maximum absolute atomic E-state index is 13.3. The topological polar surface area (TPSA) is 32.3 Å². The average Bonchev–Trinajstić information content (AvgIpc) is 2.55. The quantitative estimate of drug-likeness (QED) is 0.830. The molecule has 0 saturated carbocycles. The van der Waals surface area contributed by atoms with Crippen LogP contribution in [0.1, 0.15) is 6.42 Å². The van der Waals surface area contributed by atoms with E-state index in [0.29, 0.717) is 13.0 Å². The van der Waals surface area contributed by atoms with Gasteiger partial charge in [-0.05, 0) is 24.6 Å². The molecular weight excluding hydrogens is 214 g/mol. The van der Waals surface area contributed by atoms with Crippen molar-refractivity contribution in [2.45, 2.75) is 12.5 Å². The van der Waals surface area contributed by atoms with Crippen molar-refractivity contribution in [3.05, 3.63) is 29.8 Å². The first-order valence-corrected chi connectivity index (χ1v) is 5.04. The van der Waals surface area contributed by atoms with Gasteiger partial charge in [0, 0.05) is 13.6 Å². The van der Waals surface area contributed by atoms with E-state index in [0.717, 1.165) is 18.2 Å². The monoisotopic (exact) mass is 226 g/mol. The lowest BCUT2D eigenvalue weighted by molar-refractivity contribution is -0.127. The van der Waals surface area contributed by atoms with E-state index >= 15 is 0 Å². The van der Waals surface area contributed by atoms with E-state index in [1.807, 2.05) is 0 Å². The number of likely N-dealkylation sites (tertiary alicyclic amines) is 1. The second kappa shape index (κ2) is 4.08. The van der Waals surface area contributed by atoms with E-state index in [-0.39, 0.29) is 11.6 Å². The van der Waals surface area contributed by atoms with Gasteiger partial charge in [-0.15, -0.1) is 0 Å². The van der Waals surface area contributed by atoms with Gasteiger partial charge in [0.15, 0.2) is 0 Å². The summed E-state index contributed by atoms with van der Waals surface area (Å²) in [5.74, 6) is -1.17. The Balaban J connectivity index is 2.15. The normalized spacial score (nSPS) is 20.3. The minimum atomic E-state index is -0.552. The molecule has 0 spiro atoms. The third-order valence-electron chi connectivity index (χ3n) is 2.69. The van der Waals surface area contributed by atoms with Crippen LogP contribution in [0.3, 0.4) is 0 Å². The lowest BCUT2D eigenvalue weighted by Crippen LogP contribution is -2.31. The minimum Gasteiger partial charge on any atom is -0.371 e. The standard InChI is InChI=1S/C11H12F2N2O/c1-15-5-4-9(11(15)16)14-10-6-7(12)2-3-8(10)13/h2-3,6,9,14H,4-5H2,1H3. The summed E-state index contributed by atoms with van der Waals surface area (Å²) >= 11 is 0.